The molecule has 37 heavy (non-hydrogen) atoms. The Labute approximate surface area is 225 Å². The van der Waals surface area contributed by atoms with Crippen LogP contribution in [0.2, 0.25) is 0 Å². The Morgan fingerprint density at radius 1 is 0.973 bits per heavy atom. The second kappa shape index (κ2) is 12.6. The molecular weight excluding hydrogens is 496 g/mol. The highest BCUT2D eigenvalue weighted by Gasteiger charge is 2.28. The number of ether oxygens (including phenoxy) is 5. The largest absolute Gasteiger partial charge is 0.493 e. The van der Waals surface area contributed by atoms with Gasteiger partial charge in [0.25, 0.3) is 5.91 Å². The number of amides is 1. The molecule has 2 aromatic carbocycles. The van der Waals surface area contributed by atoms with Gasteiger partial charge >= 0.3 is 0 Å². The quantitative estimate of drug-likeness (QED) is 0.415. The Balaban J connectivity index is 0.00000320. The van der Waals surface area contributed by atoms with Crippen molar-refractivity contribution in [2.45, 2.75) is 44.6 Å². The predicted molar refractivity (Wildman–Crippen MR) is 143 cm³/mol. The summed E-state index contributed by atoms with van der Waals surface area (Å²) in [6.07, 6.45) is 6.47. The molecule has 0 aromatic heterocycles. The first-order valence-corrected chi connectivity index (χ1v) is 13.0. The third kappa shape index (κ3) is 6.18. The number of halogens is 1. The first-order chi connectivity index (χ1) is 17.7. The fraction of sp³-hybridized carbons (Fsp3) is 0.536. The van der Waals surface area contributed by atoms with Crippen LogP contribution in [-0.4, -0.2) is 75.5 Å². The van der Waals surface area contributed by atoms with E-state index in [1.54, 1.807) is 14.2 Å². The van der Waals surface area contributed by atoms with E-state index < -0.39 is 0 Å². The number of likely N-dealkylation sites (tertiary alicyclic amines) is 1. The van der Waals surface area contributed by atoms with Gasteiger partial charge < -0.3 is 33.5 Å². The average molecular weight is 533 g/mol. The van der Waals surface area contributed by atoms with Crippen LogP contribution in [0, 0.1) is 0 Å². The Morgan fingerprint density at radius 3 is 2.62 bits per heavy atom. The molecule has 1 amide bonds. The van der Waals surface area contributed by atoms with Gasteiger partial charge in [-0.15, -0.1) is 12.4 Å². The first kappa shape index (κ1) is 27.2. The minimum absolute atomic E-state index is 0. The molecule has 9 heteroatoms. The van der Waals surface area contributed by atoms with Gasteiger partial charge in [0.2, 0.25) is 6.79 Å². The molecule has 1 fully saturated rings. The molecule has 1 unspecified atom stereocenters. The van der Waals surface area contributed by atoms with Crippen molar-refractivity contribution in [1.29, 1.82) is 0 Å². The van der Waals surface area contributed by atoms with Crippen molar-refractivity contribution >= 4 is 18.3 Å². The molecule has 3 aliphatic heterocycles. The van der Waals surface area contributed by atoms with Crippen LogP contribution in [0.1, 0.15) is 48.0 Å². The number of benzene rings is 2. The zero-order valence-electron chi connectivity index (χ0n) is 21.7. The Hall–Kier alpha value is -2.84. The molecule has 202 valence electrons. The van der Waals surface area contributed by atoms with E-state index in [0.717, 1.165) is 73.8 Å². The maximum Gasteiger partial charge on any atom is 0.254 e. The molecule has 0 radical (unpaired) electrons. The number of carbonyl (C=O) groups excluding carboxylic acids is 1. The summed E-state index contributed by atoms with van der Waals surface area (Å²) >= 11 is 0. The van der Waals surface area contributed by atoms with Crippen molar-refractivity contribution in [3.63, 3.8) is 0 Å². The Morgan fingerprint density at radius 2 is 1.78 bits per heavy atom. The highest BCUT2D eigenvalue weighted by atomic mass is 35.5. The van der Waals surface area contributed by atoms with Gasteiger partial charge in [-0.1, -0.05) is 6.42 Å². The lowest BCUT2D eigenvalue weighted by Gasteiger charge is -2.37. The van der Waals surface area contributed by atoms with Crippen LogP contribution in [0.3, 0.4) is 0 Å². The summed E-state index contributed by atoms with van der Waals surface area (Å²) in [6.45, 7) is 4.58. The number of nitrogens with zero attached hydrogens (tertiary/aromatic N) is 2. The van der Waals surface area contributed by atoms with Crippen molar-refractivity contribution in [3.8, 4) is 28.7 Å². The zero-order valence-corrected chi connectivity index (χ0v) is 22.5. The fourth-order valence-electron chi connectivity index (χ4n) is 5.48. The highest BCUT2D eigenvalue weighted by molar-refractivity contribution is 5.97. The molecule has 3 heterocycles. The molecule has 0 saturated carbocycles. The summed E-state index contributed by atoms with van der Waals surface area (Å²) in [5.41, 5.74) is 1.77. The summed E-state index contributed by atoms with van der Waals surface area (Å²) in [5.74, 6) is 3.71. The zero-order chi connectivity index (χ0) is 24.9. The van der Waals surface area contributed by atoms with Gasteiger partial charge in [0.05, 0.1) is 20.8 Å². The molecule has 0 aliphatic carbocycles. The smallest absolute Gasteiger partial charge is 0.254 e. The monoisotopic (exact) mass is 532 g/mol. The van der Waals surface area contributed by atoms with Crippen molar-refractivity contribution in [1.82, 2.24) is 9.80 Å². The van der Waals surface area contributed by atoms with E-state index in [2.05, 4.69) is 4.90 Å². The number of fused-ring (bicyclic) bond motifs is 2. The number of piperidine rings is 1. The molecule has 5 rings (SSSR count). The van der Waals surface area contributed by atoms with Crippen LogP contribution in [0.15, 0.2) is 30.3 Å². The Kier molecular flexibility index (Phi) is 9.27. The summed E-state index contributed by atoms with van der Waals surface area (Å²) < 4.78 is 27.6. The molecule has 0 spiro atoms. The number of methoxy groups -OCH3 is 2. The minimum Gasteiger partial charge on any atom is -0.493 e. The maximum absolute atomic E-state index is 13.2. The first-order valence-electron chi connectivity index (χ1n) is 13.0. The molecule has 0 N–H and O–H groups in total. The normalized spacial score (nSPS) is 18.7. The van der Waals surface area contributed by atoms with Crippen LogP contribution in [0.4, 0.5) is 0 Å². The van der Waals surface area contributed by atoms with Crippen LogP contribution < -0.4 is 23.7 Å². The molecule has 1 atom stereocenters. The van der Waals surface area contributed by atoms with Crippen LogP contribution in [0.5, 0.6) is 28.7 Å². The molecule has 1 saturated heterocycles. The highest BCUT2D eigenvalue weighted by Crippen LogP contribution is 2.35. The van der Waals surface area contributed by atoms with Crippen molar-refractivity contribution in [2.75, 3.05) is 53.8 Å². The van der Waals surface area contributed by atoms with Crippen molar-refractivity contribution < 1.29 is 28.5 Å². The second-order valence-electron chi connectivity index (χ2n) is 9.60. The number of rotatable bonds is 10. The van der Waals surface area contributed by atoms with E-state index >= 15 is 0 Å². The van der Waals surface area contributed by atoms with E-state index in [4.69, 9.17) is 23.7 Å². The topological polar surface area (TPSA) is 69.7 Å². The standard InChI is InChI=1S/C28H36N2O6.ClH/c1-32-25-16-20-9-13-30(28(31)23(20)18-26(25)33-2)14-10-21-6-3-4-11-29(21)12-5-15-34-22-7-8-24-27(17-22)36-19-35-24;/h7-8,16-18,21H,3-6,9-15,19H2,1-2H3;1H. The van der Waals surface area contributed by atoms with Crippen LogP contribution >= 0.6 is 12.4 Å². The lowest BCUT2D eigenvalue weighted by Crippen LogP contribution is -2.44. The molecule has 3 aliphatic rings. The average Bonchev–Trinajstić information content (AvgIpc) is 3.39. The molecule has 8 nitrogen and oxygen atoms in total. The van der Waals surface area contributed by atoms with Gasteiger partial charge in [-0.3, -0.25) is 4.79 Å². The van der Waals surface area contributed by atoms with Gasteiger partial charge in [-0.25, -0.2) is 0 Å². The third-order valence-corrected chi connectivity index (χ3v) is 7.46. The summed E-state index contributed by atoms with van der Waals surface area (Å²) in [6, 6.07) is 9.99. The number of carbonyl (C=O) groups is 1. The lowest BCUT2D eigenvalue weighted by atomic mass is 9.96. The van der Waals surface area contributed by atoms with Gasteiger partial charge in [0.15, 0.2) is 23.0 Å². The van der Waals surface area contributed by atoms with Gasteiger partial charge in [-0.05, 0) is 68.5 Å². The fourth-order valence-corrected chi connectivity index (χ4v) is 5.48. The third-order valence-electron chi connectivity index (χ3n) is 7.46. The van der Waals surface area contributed by atoms with E-state index in [1.807, 2.05) is 35.2 Å². The minimum atomic E-state index is 0. The SMILES string of the molecule is COc1cc2c(cc1OC)C(=O)N(CCC1CCCCN1CCCOc1ccc3c(c1)OCO3)CC2.Cl. The van der Waals surface area contributed by atoms with E-state index in [9.17, 15) is 4.79 Å². The van der Waals surface area contributed by atoms with E-state index in [-0.39, 0.29) is 25.1 Å². The van der Waals surface area contributed by atoms with E-state index in [1.165, 1.54) is 19.3 Å². The summed E-state index contributed by atoms with van der Waals surface area (Å²) in [7, 11) is 3.23. The van der Waals surface area contributed by atoms with E-state index in [0.29, 0.717) is 24.1 Å². The second-order valence-corrected chi connectivity index (χ2v) is 9.60. The van der Waals surface area contributed by atoms with Crippen molar-refractivity contribution in [2.24, 2.45) is 0 Å². The number of hydrogen-bond donors (Lipinski definition) is 0. The summed E-state index contributed by atoms with van der Waals surface area (Å²) in [4.78, 5) is 17.8. The molecule has 0 bridgehead atoms. The number of hydrogen-bond acceptors (Lipinski definition) is 7. The Bertz CT molecular complexity index is 1080. The van der Waals surface area contributed by atoms with Gasteiger partial charge in [0, 0.05) is 37.3 Å². The van der Waals surface area contributed by atoms with Gasteiger partial charge in [0.1, 0.15) is 5.75 Å². The van der Waals surface area contributed by atoms with Crippen LogP contribution in [-0.2, 0) is 6.42 Å². The lowest BCUT2D eigenvalue weighted by molar-refractivity contribution is 0.0693. The predicted octanol–water partition coefficient (Wildman–Crippen LogP) is 4.57. The molecular formula is C28H37ClN2O6. The summed E-state index contributed by atoms with van der Waals surface area (Å²) in [5, 5.41) is 0. The van der Waals surface area contributed by atoms with Crippen LogP contribution in [0.25, 0.3) is 0 Å². The van der Waals surface area contributed by atoms with Gasteiger partial charge in [-0.2, -0.15) is 0 Å². The van der Waals surface area contributed by atoms with Crippen molar-refractivity contribution in [3.05, 3.63) is 41.5 Å². The molecule has 2 aromatic rings. The maximum atomic E-state index is 13.2.